The van der Waals surface area contributed by atoms with Crippen molar-refractivity contribution >= 4 is 33.8 Å². The zero-order chi connectivity index (χ0) is 15.1. The molecule has 0 aliphatic carbocycles. The molecule has 1 atom stereocenters. The Morgan fingerprint density at radius 2 is 2.00 bits per heavy atom. The number of carboxylic acids is 1. The molecule has 1 aromatic rings. The van der Waals surface area contributed by atoms with Crippen molar-refractivity contribution in [1.29, 1.82) is 0 Å². The predicted molar refractivity (Wildman–Crippen MR) is 76.0 cm³/mol. The molecular weight excluding hydrogens is 328 g/mol. The minimum absolute atomic E-state index is 0.302. The van der Waals surface area contributed by atoms with Crippen LogP contribution < -0.4 is 10.6 Å². The molecule has 0 bridgehead atoms. The third-order valence-corrected chi connectivity index (χ3v) is 2.80. The fourth-order valence-electron chi connectivity index (χ4n) is 1.39. The number of carbonyl (C=O) groups is 3. The van der Waals surface area contributed by atoms with Gasteiger partial charge in [-0.25, -0.2) is 9.59 Å². The molecule has 106 valence electrons. The van der Waals surface area contributed by atoms with Gasteiger partial charge in [-0.2, -0.15) is 0 Å². The van der Waals surface area contributed by atoms with Gasteiger partial charge in [0.15, 0.2) is 0 Å². The summed E-state index contributed by atoms with van der Waals surface area (Å²) in [6.07, 6.45) is 1.42. The number of urea groups is 1. The van der Waals surface area contributed by atoms with Crippen molar-refractivity contribution in [2.45, 2.75) is 13.0 Å². The van der Waals surface area contributed by atoms with Gasteiger partial charge in [-0.05, 0) is 24.6 Å². The van der Waals surface area contributed by atoms with Gasteiger partial charge in [0.25, 0.3) is 5.91 Å². The maximum absolute atomic E-state index is 11.5. The Morgan fingerprint density at radius 1 is 1.30 bits per heavy atom. The molecule has 3 amide bonds. The molecule has 1 unspecified atom stereocenters. The molecule has 0 aromatic heterocycles. The Morgan fingerprint density at radius 3 is 2.60 bits per heavy atom. The van der Waals surface area contributed by atoms with Crippen LogP contribution in [0.3, 0.4) is 0 Å². The molecule has 3 N–H and O–H groups in total. The first kappa shape index (κ1) is 15.9. The van der Waals surface area contributed by atoms with E-state index in [2.05, 4.69) is 21.2 Å². The van der Waals surface area contributed by atoms with Crippen LogP contribution in [0.2, 0.25) is 0 Å². The molecule has 0 heterocycles. The molecular formula is C13H13BrN2O4. The highest BCUT2D eigenvalue weighted by Gasteiger charge is 2.11. The van der Waals surface area contributed by atoms with Gasteiger partial charge in [0.05, 0.1) is 6.04 Å². The van der Waals surface area contributed by atoms with Crippen LogP contribution in [0, 0.1) is 0 Å². The summed E-state index contributed by atoms with van der Waals surface area (Å²) in [6, 6.07) is 6.37. The topological polar surface area (TPSA) is 95.5 Å². The van der Waals surface area contributed by atoms with Crippen LogP contribution in [0.5, 0.6) is 0 Å². The number of imide groups is 1. The lowest BCUT2D eigenvalue weighted by Gasteiger charge is -2.14. The quantitative estimate of drug-likeness (QED) is 0.730. The second-order valence-corrected chi connectivity index (χ2v) is 4.83. The van der Waals surface area contributed by atoms with Crippen molar-refractivity contribution < 1.29 is 19.5 Å². The Hall–Kier alpha value is -2.15. The number of nitrogens with one attached hydrogen (secondary N) is 2. The van der Waals surface area contributed by atoms with Crippen LogP contribution in [-0.4, -0.2) is 23.0 Å². The van der Waals surface area contributed by atoms with E-state index in [9.17, 15) is 14.4 Å². The normalized spacial score (nSPS) is 11.9. The van der Waals surface area contributed by atoms with E-state index in [4.69, 9.17) is 5.11 Å². The molecule has 0 spiro atoms. The summed E-state index contributed by atoms with van der Waals surface area (Å²) >= 11 is 3.32. The van der Waals surface area contributed by atoms with Gasteiger partial charge >= 0.3 is 12.0 Å². The van der Waals surface area contributed by atoms with Gasteiger partial charge in [-0.15, -0.1) is 0 Å². The average molecular weight is 341 g/mol. The minimum Gasteiger partial charge on any atom is -0.478 e. The van der Waals surface area contributed by atoms with Crippen molar-refractivity contribution in [2.24, 2.45) is 0 Å². The summed E-state index contributed by atoms with van der Waals surface area (Å²) in [5.74, 6) is -2.06. The molecule has 6 nitrogen and oxygen atoms in total. The summed E-state index contributed by atoms with van der Waals surface area (Å²) in [7, 11) is 0. The highest BCUT2D eigenvalue weighted by atomic mass is 79.9. The Bertz CT molecular complexity index is 557. The number of amides is 3. The first-order chi connectivity index (χ1) is 9.38. The van der Waals surface area contributed by atoms with Gasteiger partial charge in [0.1, 0.15) is 0 Å². The fraction of sp³-hybridized carbons (Fsp3) is 0.154. The Balaban J connectivity index is 2.54. The van der Waals surface area contributed by atoms with E-state index in [0.29, 0.717) is 6.08 Å². The van der Waals surface area contributed by atoms with E-state index in [1.165, 1.54) is 0 Å². The van der Waals surface area contributed by atoms with E-state index >= 15 is 0 Å². The van der Waals surface area contributed by atoms with E-state index < -0.39 is 17.9 Å². The van der Waals surface area contributed by atoms with E-state index in [-0.39, 0.29) is 6.04 Å². The van der Waals surface area contributed by atoms with Gasteiger partial charge in [0.2, 0.25) is 0 Å². The molecule has 0 aliphatic rings. The first-order valence-corrected chi connectivity index (χ1v) is 6.45. The highest BCUT2D eigenvalue weighted by molar-refractivity contribution is 9.10. The van der Waals surface area contributed by atoms with E-state index in [1.54, 1.807) is 6.92 Å². The van der Waals surface area contributed by atoms with E-state index in [0.717, 1.165) is 16.1 Å². The van der Waals surface area contributed by atoms with Gasteiger partial charge in [-0.1, -0.05) is 28.1 Å². The van der Waals surface area contributed by atoms with Crippen LogP contribution in [0.4, 0.5) is 4.79 Å². The lowest BCUT2D eigenvalue weighted by atomic mass is 10.1. The third-order valence-electron chi connectivity index (χ3n) is 2.31. The number of carboxylic acid groups (broad SMARTS) is 1. The van der Waals surface area contributed by atoms with Gasteiger partial charge < -0.3 is 10.4 Å². The van der Waals surface area contributed by atoms with Crippen LogP contribution in [0.15, 0.2) is 40.9 Å². The number of halogens is 1. The second-order valence-electron chi connectivity index (χ2n) is 3.91. The zero-order valence-electron chi connectivity index (χ0n) is 10.6. The van der Waals surface area contributed by atoms with Crippen LogP contribution >= 0.6 is 15.9 Å². The molecule has 7 heteroatoms. The minimum atomic E-state index is -1.26. The molecule has 0 fully saturated rings. The highest BCUT2D eigenvalue weighted by Crippen LogP contribution is 2.17. The SMILES string of the molecule is CC(NC(=O)NC(=O)C=CC(=O)O)c1cccc(Br)c1. The lowest BCUT2D eigenvalue weighted by Crippen LogP contribution is -2.39. The maximum Gasteiger partial charge on any atom is 0.328 e. The van der Waals surface area contributed by atoms with Crippen LogP contribution in [0.25, 0.3) is 0 Å². The average Bonchev–Trinajstić information content (AvgIpc) is 2.36. The summed E-state index contributed by atoms with van der Waals surface area (Å²) in [6.45, 7) is 1.76. The standard InChI is InChI=1S/C13H13BrN2O4/c1-8(9-3-2-4-10(14)7-9)15-13(20)16-11(17)5-6-12(18)19/h2-8H,1H3,(H,18,19)(H2,15,16,17,20). The number of benzene rings is 1. The number of hydrogen-bond acceptors (Lipinski definition) is 3. The predicted octanol–water partition coefficient (Wildman–Crippen LogP) is 1.98. The number of carbonyl (C=O) groups excluding carboxylic acids is 2. The molecule has 0 saturated carbocycles. The molecule has 0 saturated heterocycles. The maximum atomic E-state index is 11.5. The number of hydrogen-bond donors (Lipinski definition) is 3. The lowest BCUT2D eigenvalue weighted by molar-refractivity contribution is -0.131. The molecule has 1 aromatic carbocycles. The summed E-state index contributed by atoms with van der Waals surface area (Å²) in [5.41, 5.74) is 0.864. The Labute approximate surface area is 124 Å². The van der Waals surface area contributed by atoms with Crippen LogP contribution in [-0.2, 0) is 9.59 Å². The molecule has 20 heavy (non-hydrogen) atoms. The zero-order valence-corrected chi connectivity index (χ0v) is 12.2. The van der Waals surface area contributed by atoms with Gasteiger partial charge in [-0.3, -0.25) is 10.1 Å². The molecule has 0 aliphatic heterocycles. The first-order valence-electron chi connectivity index (χ1n) is 5.66. The number of rotatable bonds is 4. The molecule has 0 radical (unpaired) electrons. The smallest absolute Gasteiger partial charge is 0.328 e. The van der Waals surface area contributed by atoms with Crippen molar-refractivity contribution in [3.8, 4) is 0 Å². The largest absolute Gasteiger partial charge is 0.478 e. The summed E-state index contributed by atoms with van der Waals surface area (Å²) < 4.78 is 0.879. The van der Waals surface area contributed by atoms with Gasteiger partial charge in [0, 0.05) is 16.6 Å². The number of aliphatic carboxylic acids is 1. The Kier molecular flexibility index (Phi) is 5.92. The molecule has 1 rings (SSSR count). The summed E-state index contributed by atoms with van der Waals surface area (Å²) in [4.78, 5) is 32.9. The fourth-order valence-corrected chi connectivity index (χ4v) is 1.81. The van der Waals surface area contributed by atoms with Crippen molar-refractivity contribution in [1.82, 2.24) is 10.6 Å². The van der Waals surface area contributed by atoms with Crippen molar-refractivity contribution in [2.75, 3.05) is 0 Å². The van der Waals surface area contributed by atoms with Crippen molar-refractivity contribution in [3.63, 3.8) is 0 Å². The second kappa shape index (κ2) is 7.44. The van der Waals surface area contributed by atoms with E-state index in [1.807, 2.05) is 29.6 Å². The summed E-state index contributed by atoms with van der Waals surface area (Å²) in [5, 5.41) is 12.9. The van der Waals surface area contributed by atoms with Crippen molar-refractivity contribution in [3.05, 3.63) is 46.5 Å². The van der Waals surface area contributed by atoms with Crippen LogP contribution in [0.1, 0.15) is 18.5 Å². The monoisotopic (exact) mass is 340 g/mol. The third kappa shape index (κ3) is 5.66.